The first-order valence-electron chi connectivity index (χ1n) is 12.1. The summed E-state index contributed by atoms with van der Waals surface area (Å²) in [6.07, 6.45) is 5.75. The predicted molar refractivity (Wildman–Crippen MR) is 142 cm³/mol. The Kier molecular flexibility index (Phi) is 6.91. The van der Waals surface area contributed by atoms with E-state index < -0.39 is 5.54 Å². The second kappa shape index (κ2) is 10.8. The average Bonchev–Trinajstić information content (AvgIpc) is 3.43. The van der Waals surface area contributed by atoms with Gasteiger partial charge in [0.05, 0.1) is 30.3 Å². The van der Waals surface area contributed by atoms with Crippen LogP contribution in [-0.2, 0) is 12.0 Å². The Morgan fingerprint density at radius 1 is 0.722 bits per heavy atom. The van der Waals surface area contributed by atoms with Gasteiger partial charge in [-0.25, -0.2) is 4.98 Å². The summed E-state index contributed by atoms with van der Waals surface area (Å²) in [5.41, 5.74) is 4.63. The van der Waals surface area contributed by atoms with E-state index >= 15 is 0 Å². The Bertz CT molecular complexity index is 1320. The summed E-state index contributed by atoms with van der Waals surface area (Å²) in [6, 6.07) is 41.2. The van der Waals surface area contributed by atoms with E-state index in [1.54, 1.807) is 12.1 Å². The Morgan fingerprint density at radius 3 is 1.75 bits per heavy atom. The molecule has 0 saturated heterocycles. The lowest BCUT2D eigenvalue weighted by atomic mass is 9.77. The van der Waals surface area contributed by atoms with Crippen LogP contribution in [0.15, 0.2) is 128 Å². The minimum absolute atomic E-state index is 0.548. The van der Waals surface area contributed by atoms with E-state index in [9.17, 15) is 0 Å². The number of nitriles is 1. The van der Waals surface area contributed by atoms with Gasteiger partial charge in [-0.15, -0.1) is 0 Å². The first-order chi connectivity index (χ1) is 17.8. The lowest BCUT2D eigenvalue weighted by molar-refractivity contribution is 0.310. The summed E-state index contributed by atoms with van der Waals surface area (Å²) in [5, 5.41) is 8.95. The Balaban J connectivity index is 1.44. The van der Waals surface area contributed by atoms with Crippen LogP contribution in [0.1, 0.15) is 34.4 Å². The van der Waals surface area contributed by atoms with Crippen molar-refractivity contribution in [1.29, 1.82) is 5.26 Å². The summed E-state index contributed by atoms with van der Waals surface area (Å²) < 4.78 is 8.11. The minimum atomic E-state index is -0.548. The topological polar surface area (TPSA) is 50.8 Å². The van der Waals surface area contributed by atoms with Gasteiger partial charge in [0.15, 0.2) is 0 Å². The van der Waals surface area contributed by atoms with E-state index in [-0.39, 0.29) is 0 Å². The lowest BCUT2D eigenvalue weighted by Crippen LogP contribution is -2.36. The van der Waals surface area contributed by atoms with Crippen LogP contribution in [-0.4, -0.2) is 16.2 Å². The molecule has 4 heteroatoms. The highest BCUT2D eigenvalue weighted by molar-refractivity contribution is 5.50. The van der Waals surface area contributed by atoms with Gasteiger partial charge in [0.2, 0.25) is 0 Å². The number of hydrogen-bond donors (Lipinski definition) is 0. The number of benzene rings is 4. The zero-order valence-electron chi connectivity index (χ0n) is 20.0. The SMILES string of the molecule is N#Cc1ccc(OCCCc2cn(C(c3ccccc3)(c3ccccc3)c3ccccc3)cn2)cc1. The third-order valence-corrected chi connectivity index (χ3v) is 6.43. The fourth-order valence-electron chi connectivity index (χ4n) is 4.73. The predicted octanol–water partition coefficient (Wildman–Crippen LogP) is 6.61. The molecule has 0 fully saturated rings. The van der Waals surface area contributed by atoms with Crippen molar-refractivity contribution in [2.45, 2.75) is 18.4 Å². The van der Waals surface area contributed by atoms with Crippen molar-refractivity contribution >= 4 is 0 Å². The number of hydrogen-bond acceptors (Lipinski definition) is 3. The van der Waals surface area contributed by atoms with E-state index in [2.05, 4.69) is 108 Å². The number of ether oxygens (including phenoxy) is 1. The van der Waals surface area contributed by atoms with E-state index in [1.807, 2.05) is 18.5 Å². The molecule has 1 aromatic heterocycles. The molecule has 0 aliphatic carbocycles. The van der Waals surface area contributed by atoms with Gasteiger partial charge in [0.1, 0.15) is 11.3 Å². The van der Waals surface area contributed by atoms with Gasteiger partial charge in [-0.1, -0.05) is 91.0 Å². The fraction of sp³-hybridized carbons (Fsp3) is 0.125. The van der Waals surface area contributed by atoms with Crippen molar-refractivity contribution in [1.82, 2.24) is 9.55 Å². The zero-order valence-corrected chi connectivity index (χ0v) is 20.0. The van der Waals surface area contributed by atoms with E-state index in [0.29, 0.717) is 12.2 Å². The quantitative estimate of drug-likeness (QED) is 0.180. The summed E-state index contributed by atoms with van der Waals surface area (Å²) >= 11 is 0. The van der Waals surface area contributed by atoms with Crippen molar-refractivity contribution in [2.75, 3.05) is 6.61 Å². The second-order valence-corrected chi connectivity index (χ2v) is 8.67. The van der Waals surface area contributed by atoms with E-state index in [1.165, 1.54) is 16.7 Å². The van der Waals surface area contributed by atoms with Crippen LogP contribution in [0.2, 0.25) is 0 Å². The summed E-state index contributed by atoms with van der Waals surface area (Å²) in [4.78, 5) is 4.80. The van der Waals surface area contributed by atoms with Crippen LogP contribution in [0.5, 0.6) is 5.75 Å². The maximum Gasteiger partial charge on any atom is 0.121 e. The molecule has 0 bridgehead atoms. The van der Waals surface area contributed by atoms with Crippen molar-refractivity contribution < 1.29 is 4.74 Å². The molecule has 4 aromatic carbocycles. The van der Waals surface area contributed by atoms with Crippen LogP contribution in [0.4, 0.5) is 0 Å². The first-order valence-corrected chi connectivity index (χ1v) is 12.1. The molecule has 1 heterocycles. The van der Waals surface area contributed by atoms with Gasteiger partial charge >= 0.3 is 0 Å². The fourth-order valence-corrected chi connectivity index (χ4v) is 4.73. The third kappa shape index (κ3) is 4.64. The molecule has 5 rings (SSSR count). The lowest BCUT2D eigenvalue weighted by Gasteiger charge is -2.37. The Hall–Kier alpha value is -4.62. The molecule has 176 valence electrons. The summed E-state index contributed by atoms with van der Waals surface area (Å²) in [6.45, 7) is 0.583. The largest absolute Gasteiger partial charge is 0.494 e. The summed E-state index contributed by atoms with van der Waals surface area (Å²) in [5.74, 6) is 0.774. The second-order valence-electron chi connectivity index (χ2n) is 8.67. The van der Waals surface area contributed by atoms with Crippen LogP contribution in [0.25, 0.3) is 0 Å². The maximum atomic E-state index is 8.95. The molecule has 0 spiro atoms. The molecule has 0 saturated carbocycles. The molecule has 0 N–H and O–H groups in total. The molecule has 0 aliphatic heterocycles. The highest BCUT2D eigenvalue weighted by Gasteiger charge is 2.38. The number of rotatable bonds is 9. The molecule has 36 heavy (non-hydrogen) atoms. The van der Waals surface area contributed by atoms with Gasteiger partial charge in [-0.3, -0.25) is 0 Å². The van der Waals surface area contributed by atoms with Crippen LogP contribution < -0.4 is 4.74 Å². The molecule has 0 atom stereocenters. The average molecular weight is 470 g/mol. The molecule has 0 aliphatic rings. The monoisotopic (exact) mass is 469 g/mol. The molecular formula is C32H27N3O. The third-order valence-electron chi connectivity index (χ3n) is 6.43. The van der Waals surface area contributed by atoms with Gasteiger partial charge in [0.25, 0.3) is 0 Å². The molecule has 0 unspecified atom stereocenters. The van der Waals surface area contributed by atoms with Crippen molar-refractivity contribution in [3.05, 3.63) is 156 Å². The minimum Gasteiger partial charge on any atom is -0.494 e. The van der Waals surface area contributed by atoms with Gasteiger partial charge in [-0.2, -0.15) is 5.26 Å². The summed E-state index contributed by atoms with van der Waals surface area (Å²) in [7, 11) is 0. The van der Waals surface area contributed by atoms with Crippen LogP contribution in [0, 0.1) is 11.3 Å². The molecule has 0 radical (unpaired) electrons. The highest BCUT2D eigenvalue weighted by atomic mass is 16.5. The molecule has 0 amide bonds. The molecule has 4 nitrogen and oxygen atoms in total. The Labute approximate surface area is 212 Å². The molecular weight excluding hydrogens is 442 g/mol. The number of imidazole rings is 1. The highest BCUT2D eigenvalue weighted by Crippen LogP contribution is 2.40. The van der Waals surface area contributed by atoms with Crippen LogP contribution >= 0.6 is 0 Å². The first kappa shape index (κ1) is 23.1. The number of nitrogens with zero attached hydrogens (tertiary/aromatic N) is 3. The van der Waals surface area contributed by atoms with Gasteiger partial charge < -0.3 is 9.30 Å². The normalized spacial score (nSPS) is 11.1. The van der Waals surface area contributed by atoms with Gasteiger partial charge in [0, 0.05) is 6.20 Å². The van der Waals surface area contributed by atoms with E-state index in [4.69, 9.17) is 15.0 Å². The van der Waals surface area contributed by atoms with Crippen molar-refractivity contribution in [3.63, 3.8) is 0 Å². The smallest absolute Gasteiger partial charge is 0.121 e. The van der Waals surface area contributed by atoms with Crippen LogP contribution in [0.3, 0.4) is 0 Å². The molecule has 5 aromatic rings. The number of aromatic nitrogens is 2. The Morgan fingerprint density at radius 2 is 1.25 bits per heavy atom. The van der Waals surface area contributed by atoms with E-state index in [0.717, 1.165) is 24.3 Å². The standard InChI is InChI=1S/C32H27N3O/c33-23-26-18-20-31(21-19-26)36-22-10-17-30-24-35(25-34-30)32(27-11-4-1-5-12-27,28-13-6-2-7-14-28)29-15-8-3-9-16-29/h1-9,11-16,18-21,24-25H,10,17,22H2. The van der Waals surface area contributed by atoms with Crippen molar-refractivity contribution in [2.24, 2.45) is 0 Å². The van der Waals surface area contributed by atoms with Gasteiger partial charge in [-0.05, 0) is 53.8 Å². The zero-order chi connectivity index (χ0) is 24.6. The number of aryl methyl sites for hydroxylation is 1. The van der Waals surface area contributed by atoms with Crippen molar-refractivity contribution in [3.8, 4) is 11.8 Å². The maximum absolute atomic E-state index is 8.95.